The second kappa shape index (κ2) is 7.23. The van der Waals surface area contributed by atoms with E-state index in [2.05, 4.69) is 25.4 Å². The van der Waals surface area contributed by atoms with E-state index >= 15 is 0 Å². The van der Waals surface area contributed by atoms with Gasteiger partial charge < -0.3 is 10.2 Å². The molecule has 4 aromatic rings. The molecule has 0 amide bonds. The fourth-order valence-electron chi connectivity index (χ4n) is 2.63. The fourth-order valence-corrected chi connectivity index (χ4v) is 2.63. The van der Waals surface area contributed by atoms with Crippen LogP contribution in [0, 0.1) is 0 Å². The van der Waals surface area contributed by atoms with E-state index in [-0.39, 0.29) is 17.1 Å². The van der Waals surface area contributed by atoms with Crippen LogP contribution < -0.4 is 5.56 Å². The van der Waals surface area contributed by atoms with Gasteiger partial charge in [0.2, 0.25) is 11.6 Å². The molecule has 0 atom stereocenters. The summed E-state index contributed by atoms with van der Waals surface area (Å²) in [6, 6.07) is 11.8. The first-order chi connectivity index (χ1) is 14.1. The van der Waals surface area contributed by atoms with Crippen LogP contribution in [-0.4, -0.2) is 40.7 Å². The van der Waals surface area contributed by atoms with Crippen molar-refractivity contribution in [2.45, 2.75) is 0 Å². The molecule has 11 heteroatoms. The summed E-state index contributed by atoms with van der Waals surface area (Å²) < 4.78 is 2.39. The molecule has 3 N–H and O–H groups in total. The number of aromatic hydroxyl groups is 1. The third-order valence-electron chi connectivity index (χ3n) is 3.99. The molecule has 0 aliphatic carbocycles. The largest absolute Gasteiger partial charge is 0.492 e. The van der Waals surface area contributed by atoms with E-state index in [1.165, 1.54) is 17.1 Å². The lowest BCUT2D eigenvalue weighted by atomic mass is 10.3. The summed E-state index contributed by atoms with van der Waals surface area (Å²) in [5, 5.41) is 33.9. The van der Waals surface area contributed by atoms with Crippen molar-refractivity contribution in [3.8, 4) is 17.3 Å². The number of pyridine rings is 1. The minimum Gasteiger partial charge on any atom is -0.492 e. The van der Waals surface area contributed by atoms with Crippen molar-refractivity contribution in [1.82, 2.24) is 24.5 Å². The molecule has 0 bridgehead atoms. The number of nitrogens with one attached hydrogen (secondary N) is 1. The highest BCUT2D eigenvalue weighted by atomic mass is 16.4. The average Bonchev–Trinajstić information content (AvgIpc) is 3.29. The highest BCUT2D eigenvalue weighted by Gasteiger charge is 2.20. The normalized spacial score (nSPS) is 11.2. The lowest BCUT2D eigenvalue weighted by Crippen LogP contribution is -2.03. The monoisotopic (exact) mass is 391 g/mol. The topological polar surface area (TPSA) is 151 Å². The summed E-state index contributed by atoms with van der Waals surface area (Å²) in [6.07, 6.45) is 4.14. The van der Waals surface area contributed by atoms with E-state index in [4.69, 9.17) is 0 Å². The molecule has 0 saturated carbocycles. The van der Waals surface area contributed by atoms with E-state index < -0.39 is 17.4 Å². The lowest BCUT2D eigenvalue weighted by molar-refractivity contribution is 0.0697. The number of rotatable bonds is 5. The summed E-state index contributed by atoms with van der Waals surface area (Å²) in [4.78, 5) is 27.6. The van der Waals surface area contributed by atoms with Gasteiger partial charge in [-0.3, -0.25) is 14.9 Å². The number of benzene rings is 1. The highest BCUT2D eigenvalue weighted by Crippen LogP contribution is 2.29. The Labute approximate surface area is 162 Å². The van der Waals surface area contributed by atoms with Crippen LogP contribution in [0.2, 0.25) is 0 Å². The fraction of sp³-hybridized carbons (Fsp3) is 0. The Bertz CT molecular complexity index is 1260. The number of nitrogens with zero attached hydrogens (tertiary/aromatic N) is 6. The molecule has 11 nitrogen and oxygen atoms in total. The highest BCUT2D eigenvalue weighted by molar-refractivity contribution is 5.92. The van der Waals surface area contributed by atoms with E-state index in [9.17, 15) is 19.8 Å². The van der Waals surface area contributed by atoms with Crippen molar-refractivity contribution in [2.24, 2.45) is 10.2 Å². The van der Waals surface area contributed by atoms with Crippen LogP contribution in [0.5, 0.6) is 5.88 Å². The number of aromatic amines is 1. The van der Waals surface area contributed by atoms with Crippen LogP contribution >= 0.6 is 0 Å². The minimum atomic E-state index is -1.26. The van der Waals surface area contributed by atoms with E-state index in [0.717, 1.165) is 10.9 Å². The summed E-state index contributed by atoms with van der Waals surface area (Å²) in [6.45, 7) is 0. The van der Waals surface area contributed by atoms with Crippen LogP contribution in [-0.2, 0) is 0 Å². The van der Waals surface area contributed by atoms with Gasteiger partial charge >= 0.3 is 5.97 Å². The van der Waals surface area contributed by atoms with Gasteiger partial charge in [0.05, 0.1) is 17.6 Å². The number of hydrogen-bond donors (Lipinski definition) is 3. The number of carboxylic acid groups (broad SMARTS) is 1. The van der Waals surface area contributed by atoms with E-state index in [1.807, 2.05) is 0 Å². The Kier molecular flexibility index (Phi) is 4.45. The molecule has 3 heterocycles. The van der Waals surface area contributed by atoms with Crippen molar-refractivity contribution >= 4 is 17.5 Å². The summed E-state index contributed by atoms with van der Waals surface area (Å²) in [5.74, 6) is -1.84. The first-order valence-electron chi connectivity index (χ1n) is 8.29. The second-order valence-corrected chi connectivity index (χ2v) is 5.79. The molecule has 0 fully saturated rings. The maximum atomic E-state index is 12.2. The molecule has 3 aromatic heterocycles. The van der Waals surface area contributed by atoms with Crippen LogP contribution in [0.3, 0.4) is 0 Å². The zero-order chi connectivity index (χ0) is 20.4. The molecule has 1 aromatic carbocycles. The van der Waals surface area contributed by atoms with Gasteiger partial charge in [0.1, 0.15) is 5.56 Å². The van der Waals surface area contributed by atoms with Crippen molar-refractivity contribution in [3.05, 3.63) is 77.0 Å². The molecule has 0 radical (unpaired) electrons. The van der Waals surface area contributed by atoms with Gasteiger partial charge in [-0.15, -0.1) is 10.2 Å². The molecule has 0 spiro atoms. The number of aromatic nitrogens is 5. The predicted octanol–water partition coefficient (Wildman–Crippen LogP) is 2.57. The molecule has 4 rings (SSSR count). The molecular formula is C18H13N7O4. The van der Waals surface area contributed by atoms with Crippen molar-refractivity contribution in [3.63, 3.8) is 0 Å². The number of H-pyrrole nitrogens is 1. The van der Waals surface area contributed by atoms with Crippen LogP contribution in [0.1, 0.15) is 10.4 Å². The van der Waals surface area contributed by atoms with Gasteiger partial charge in [-0.05, 0) is 24.3 Å². The van der Waals surface area contributed by atoms with Gasteiger partial charge in [0, 0.05) is 12.4 Å². The molecule has 29 heavy (non-hydrogen) atoms. The molecule has 0 aliphatic heterocycles. The molecule has 144 valence electrons. The third-order valence-corrected chi connectivity index (χ3v) is 3.99. The van der Waals surface area contributed by atoms with Crippen molar-refractivity contribution < 1.29 is 15.0 Å². The molecular weight excluding hydrogens is 378 g/mol. The van der Waals surface area contributed by atoms with Gasteiger partial charge in [0.25, 0.3) is 5.56 Å². The summed E-state index contributed by atoms with van der Waals surface area (Å²) >= 11 is 0. The molecule has 0 unspecified atom stereocenters. The number of para-hydroxylation sites is 1. The van der Waals surface area contributed by atoms with Gasteiger partial charge in [-0.2, -0.15) is 5.10 Å². The number of carbonyl (C=O) groups is 1. The molecule has 0 saturated heterocycles. The SMILES string of the molecule is O=C(O)c1cnn(-c2ccncc2)c1N=Nc1c(O)n(-c2ccccc2)[nH]c1=O. The Balaban J connectivity index is 1.79. The quantitative estimate of drug-likeness (QED) is 0.445. The Morgan fingerprint density at radius 1 is 1.03 bits per heavy atom. The third kappa shape index (κ3) is 3.27. The second-order valence-electron chi connectivity index (χ2n) is 5.79. The van der Waals surface area contributed by atoms with Gasteiger partial charge in [-0.1, -0.05) is 18.2 Å². The van der Waals surface area contributed by atoms with Crippen LogP contribution in [0.15, 0.2) is 76.1 Å². The Morgan fingerprint density at radius 2 is 1.76 bits per heavy atom. The molecule has 0 aliphatic rings. The number of azo groups is 1. The maximum Gasteiger partial charge on any atom is 0.341 e. The standard InChI is InChI=1S/C18H13N7O4/c26-16-14(17(27)25(23-16)11-4-2-1-3-5-11)21-22-15-13(18(28)29)10-20-24(15)12-6-8-19-9-7-12/h1-10,27H,(H,23,26)(H,28,29). The average molecular weight is 391 g/mol. The summed E-state index contributed by atoms with van der Waals surface area (Å²) in [7, 11) is 0. The lowest BCUT2D eigenvalue weighted by Gasteiger charge is -2.03. The van der Waals surface area contributed by atoms with Crippen molar-refractivity contribution in [1.29, 1.82) is 0 Å². The maximum absolute atomic E-state index is 12.2. The first-order valence-corrected chi connectivity index (χ1v) is 8.29. The van der Waals surface area contributed by atoms with Crippen molar-refractivity contribution in [2.75, 3.05) is 0 Å². The van der Waals surface area contributed by atoms with Crippen LogP contribution in [0.4, 0.5) is 11.5 Å². The van der Waals surface area contributed by atoms with Crippen LogP contribution in [0.25, 0.3) is 11.4 Å². The zero-order valence-corrected chi connectivity index (χ0v) is 14.7. The number of carboxylic acids is 1. The van der Waals surface area contributed by atoms with Gasteiger partial charge in [-0.25, -0.2) is 14.2 Å². The Hall–Kier alpha value is -4.54. The van der Waals surface area contributed by atoms with Gasteiger partial charge in [0.15, 0.2) is 5.82 Å². The van der Waals surface area contributed by atoms with E-state index in [0.29, 0.717) is 11.4 Å². The zero-order valence-electron chi connectivity index (χ0n) is 14.7. The Morgan fingerprint density at radius 3 is 2.45 bits per heavy atom. The smallest absolute Gasteiger partial charge is 0.341 e. The predicted molar refractivity (Wildman–Crippen MR) is 101 cm³/mol. The summed E-state index contributed by atoms with van der Waals surface area (Å²) in [5.41, 5.74) is -0.267. The number of hydrogen-bond acceptors (Lipinski definition) is 7. The minimum absolute atomic E-state index is 0.116. The first kappa shape index (κ1) is 17.9. The number of aromatic carboxylic acids is 1. The van der Waals surface area contributed by atoms with E-state index in [1.54, 1.807) is 42.5 Å².